The van der Waals surface area contributed by atoms with Crippen molar-refractivity contribution < 1.29 is 14.3 Å². The van der Waals surface area contributed by atoms with Gasteiger partial charge in [0.1, 0.15) is 6.10 Å². The average Bonchev–Trinajstić information content (AvgIpc) is 2.04. The van der Waals surface area contributed by atoms with E-state index in [1.807, 2.05) is 0 Å². The van der Waals surface area contributed by atoms with Crippen LogP contribution in [0.2, 0.25) is 0 Å². The minimum atomic E-state index is -0.799. The van der Waals surface area contributed by atoms with E-state index in [0.29, 0.717) is 6.42 Å². The number of carbonyl (C=O) groups is 2. The second-order valence-electron chi connectivity index (χ2n) is 3.15. The van der Waals surface area contributed by atoms with Crippen molar-refractivity contribution in [3.05, 3.63) is 0 Å². The molecule has 1 saturated heterocycles. The Labute approximate surface area is 71.3 Å². The molecule has 1 heterocycles. The summed E-state index contributed by atoms with van der Waals surface area (Å²) in [5.41, 5.74) is -0.799. The number of rotatable bonds is 2. The first-order valence-electron chi connectivity index (χ1n) is 4.02. The minimum Gasteiger partial charge on any atom is -0.458 e. The molecule has 1 fully saturated rings. The number of nitrogens with one attached hydrogen (secondary N) is 1. The standard InChI is InChI=1S/C8H13NO3/c1-4-6(10)9-8(3)5(2)12-7(8)11/h5H,4H2,1-3H3,(H,9,10)/t5?,8-/m1/s1. The lowest BCUT2D eigenvalue weighted by Crippen LogP contribution is -2.68. The summed E-state index contributed by atoms with van der Waals surface area (Å²) < 4.78 is 4.75. The molecule has 2 atom stereocenters. The Balaban J connectivity index is 2.60. The van der Waals surface area contributed by atoms with E-state index in [0.717, 1.165) is 0 Å². The lowest BCUT2D eigenvalue weighted by molar-refractivity contribution is -0.190. The van der Waals surface area contributed by atoms with E-state index < -0.39 is 5.54 Å². The zero-order valence-electron chi connectivity index (χ0n) is 7.51. The third-order valence-corrected chi connectivity index (χ3v) is 2.24. The largest absolute Gasteiger partial charge is 0.458 e. The molecule has 68 valence electrons. The average molecular weight is 171 g/mol. The van der Waals surface area contributed by atoms with E-state index in [4.69, 9.17) is 4.74 Å². The summed E-state index contributed by atoms with van der Waals surface area (Å²) >= 11 is 0. The fourth-order valence-electron chi connectivity index (χ4n) is 1.04. The maximum Gasteiger partial charge on any atom is 0.335 e. The van der Waals surface area contributed by atoms with Crippen molar-refractivity contribution in [3.8, 4) is 0 Å². The van der Waals surface area contributed by atoms with Crippen molar-refractivity contribution in [1.82, 2.24) is 5.32 Å². The summed E-state index contributed by atoms with van der Waals surface area (Å²) in [7, 11) is 0. The Bertz CT molecular complexity index is 226. The van der Waals surface area contributed by atoms with Crippen molar-refractivity contribution in [1.29, 1.82) is 0 Å². The van der Waals surface area contributed by atoms with Crippen LogP contribution in [0, 0.1) is 0 Å². The van der Waals surface area contributed by atoms with Gasteiger partial charge < -0.3 is 10.1 Å². The second kappa shape index (κ2) is 2.77. The second-order valence-corrected chi connectivity index (χ2v) is 3.15. The number of hydrogen-bond donors (Lipinski definition) is 1. The van der Waals surface area contributed by atoms with Crippen LogP contribution >= 0.6 is 0 Å². The predicted molar refractivity (Wildman–Crippen MR) is 42.4 cm³/mol. The molecule has 4 heteroatoms. The van der Waals surface area contributed by atoms with E-state index in [1.54, 1.807) is 20.8 Å². The number of ether oxygens (including phenoxy) is 1. The van der Waals surface area contributed by atoms with Gasteiger partial charge in [-0.05, 0) is 13.8 Å². The van der Waals surface area contributed by atoms with Crippen LogP contribution in [0.3, 0.4) is 0 Å². The van der Waals surface area contributed by atoms with Gasteiger partial charge in [0.2, 0.25) is 5.91 Å². The lowest BCUT2D eigenvalue weighted by Gasteiger charge is -2.42. The molecule has 0 aromatic rings. The highest BCUT2D eigenvalue weighted by molar-refractivity contribution is 5.92. The first-order valence-corrected chi connectivity index (χ1v) is 4.02. The molecule has 0 aliphatic carbocycles. The van der Waals surface area contributed by atoms with E-state index in [1.165, 1.54) is 0 Å². The fraction of sp³-hybridized carbons (Fsp3) is 0.750. The van der Waals surface area contributed by atoms with Crippen molar-refractivity contribution >= 4 is 11.9 Å². The van der Waals surface area contributed by atoms with Gasteiger partial charge in [-0.2, -0.15) is 0 Å². The smallest absolute Gasteiger partial charge is 0.335 e. The van der Waals surface area contributed by atoms with E-state index in [2.05, 4.69) is 5.32 Å². The first kappa shape index (κ1) is 9.03. The van der Waals surface area contributed by atoms with E-state index in [9.17, 15) is 9.59 Å². The zero-order chi connectivity index (χ0) is 9.35. The van der Waals surface area contributed by atoms with Crippen LogP contribution in [-0.2, 0) is 14.3 Å². The Hall–Kier alpha value is -1.06. The molecule has 4 nitrogen and oxygen atoms in total. The van der Waals surface area contributed by atoms with Crippen molar-refractivity contribution in [2.24, 2.45) is 0 Å². The Morgan fingerprint density at radius 2 is 2.33 bits per heavy atom. The van der Waals surface area contributed by atoms with Crippen LogP contribution < -0.4 is 5.32 Å². The van der Waals surface area contributed by atoms with Crippen LogP contribution in [0.25, 0.3) is 0 Å². The number of cyclic esters (lactones) is 1. The van der Waals surface area contributed by atoms with Gasteiger partial charge in [0, 0.05) is 6.42 Å². The van der Waals surface area contributed by atoms with Gasteiger partial charge in [-0.1, -0.05) is 6.92 Å². The van der Waals surface area contributed by atoms with Crippen molar-refractivity contribution in [3.63, 3.8) is 0 Å². The monoisotopic (exact) mass is 171 g/mol. The Morgan fingerprint density at radius 1 is 1.75 bits per heavy atom. The van der Waals surface area contributed by atoms with E-state index >= 15 is 0 Å². The van der Waals surface area contributed by atoms with Crippen LogP contribution in [0.1, 0.15) is 27.2 Å². The SMILES string of the molecule is CCC(=O)N[C@@]1(C)C(=O)OC1C. The molecule has 1 rings (SSSR count). The van der Waals surface area contributed by atoms with Gasteiger partial charge in [-0.15, -0.1) is 0 Å². The lowest BCUT2D eigenvalue weighted by atomic mass is 9.90. The molecule has 1 unspecified atom stereocenters. The molecule has 0 bridgehead atoms. The molecule has 1 amide bonds. The Kier molecular flexibility index (Phi) is 2.08. The molecule has 0 aromatic heterocycles. The molecule has 0 spiro atoms. The van der Waals surface area contributed by atoms with Gasteiger partial charge in [0.05, 0.1) is 0 Å². The molecule has 0 radical (unpaired) electrons. The number of hydrogen-bond acceptors (Lipinski definition) is 3. The molecule has 1 N–H and O–H groups in total. The quantitative estimate of drug-likeness (QED) is 0.604. The third kappa shape index (κ3) is 1.17. The van der Waals surface area contributed by atoms with Gasteiger partial charge in [-0.3, -0.25) is 4.79 Å². The van der Waals surface area contributed by atoms with Crippen molar-refractivity contribution in [2.75, 3.05) is 0 Å². The van der Waals surface area contributed by atoms with Gasteiger partial charge in [0.25, 0.3) is 0 Å². The normalized spacial score (nSPS) is 33.6. The van der Waals surface area contributed by atoms with Crippen LogP contribution in [0.5, 0.6) is 0 Å². The molecular formula is C8H13NO3. The molecular weight excluding hydrogens is 158 g/mol. The molecule has 1 aliphatic rings. The third-order valence-electron chi connectivity index (χ3n) is 2.24. The van der Waals surface area contributed by atoms with Crippen LogP contribution in [0.4, 0.5) is 0 Å². The molecule has 0 saturated carbocycles. The summed E-state index contributed by atoms with van der Waals surface area (Å²) in [5, 5.41) is 2.63. The summed E-state index contributed by atoms with van der Waals surface area (Å²) in [6, 6.07) is 0. The van der Waals surface area contributed by atoms with Gasteiger partial charge >= 0.3 is 5.97 Å². The summed E-state index contributed by atoms with van der Waals surface area (Å²) in [4.78, 5) is 22.0. The highest BCUT2D eigenvalue weighted by Gasteiger charge is 2.52. The van der Waals surface area contributed by atoms with Gasteiger partial charge in [0.15, 0.2) is 5.54 Å². The first-order chi connectivity index (χ1) is 5.50. The topological polar surface area (TPSA) is 55.4 Å². The summed E-state index contributed by atoms with van der Waals surface area (Å²) in [6.07, 6.45) is 0.163. The number of carbonyl (C=O) groups excluding carboxylic acids is 2. The maximum absolute atomic E-state index is 11.0. The summed E-state index contributed by atoms with van der Waals surface area (Å²) in [5.74, 6) is -0.474. The maximum atomic E-state index is 11.0. The predicted octanol–water partition coefficient (Wildman–Crippen LogP) is 0.217. The van der Waals surface area contributed by atoms with Gasteiger partial charge in [-0.25, -0.2) is 4.79 Å². The van der Waals surface area contributed by atoms with Crippen LogP contribution in [0.15, 0.2) is 0 Å². The highest BCUT2D eigenvalue weighted by Crippen LogP contribution is 2.26. The summed E-state index contributed by atoms with van der Waals surface area (Å²) in [6.45, 7) is 5.18. The molecule has 12 heavy (non-hydrogen) atoms. The number of esters is 1. The molecule has 0 aromatic carbocycles. The zero-order valence-corrected chi connectivity index (χ0v) is 7.51. The Morgan fingerprint density at radius 3 is 2.67 bits per heavy atom. The van der Waals surface area contributed by atoms with Crippen LogP contribution in [-0.4, -0.2) is 23.5 Å². The number of amides is 1. The highest BCUT2D eigenvalue weighted by atomic mass is 16.6. The van der Waals surface area contributed by atoms with E-state index in [-0.39, 0.29) is 18.0 Å². The minimum absolute atomic E-state index is 0.124. The molecule has 1 aliphatic heterocycles. The fourth-order valence-corrected chi connectivity index (χ4v) is 1.04. The van der Waals surface area contributed by atoms with Crippen molar-refractivity contribution in [2.45, 2.75) is 38.8 Å².